The summed E-state index contributed by atoms with van der Waals surface area (Å²) in [6, 6.07) is 14.2. The Morgan fingerprint density at radius 1 is 1.15 bits per heavy atom. The maximum Gasteiger partial charge on any atom is 0.333 e. The normalized spacial score (nSPS) is 11.3. The first-order valence-electron chi connectivity index (χ1n) is 9.31. The van der Waals surface area contributed by atoms with Crippen molar-refractivity contribution in [1.82, 2.24) is 0 Å². The summed E-state index contributed by atoms with van der Waals surface area (Å²) in [6.45, 7) is 6.89. The standard InChI is InChI=1S/C22H26N2O3/c1-4-13-27-20-12-9-18(14-17(20)5-2)21(22(25)26-6-3)24-19-10-7-16(15-23)8-11-19/h7-12,14,21,24H,4-6,13H2,1-3H3. The summed E-state index contributed by atoms with van der Waals surface area (Å²) in [7, 11) is 0. The molecule has 0 aromatic heterocycles. The average Bonchev–Trinajstić information content (AvgIpc) is 2.71. The Balaban J connectivity index is 2.32. The monoisotopic (exact) mass is 366 g/mol. The van der Waals surface area contributed by atoms with Gasteiger partial charge in [-0.3, -0.25) is 0 Å². The van der Waals surface area contributed by atoms with Gasteiger partial charge in [-0.15, -0.1) is 0 Å². The predicted molar refractivity (Wildman–Crippen MR) is 106 cm³/mol. The zero-order chi connectivity index (χ0) is 19.6. The van der Waals surface area contributed by atoms with Gasteiger partial charge in [0.1, 0.15) is 5.75 Å². The van der Waals surface area contributed by atoms with Crippen molar-refractivity contribution in [3.8, 4) is 11.8 Å². The van der Waals surface area contributed by atoms with Crippen LogP contribution in [0.15, 0.2) is 42.5 Å². The Morgan fingerprint density at radius 2 is 1.89 bits per heavy atom. The number of nitriles is 1. The van der Waals surface area contributed by atoms with E-state index in [2.05, 4.69) is 25.2 Å². The lowest BCUT2D eigenvalue weighted by Crippen LogP contribution is -2.23. The lowest BCUT2D eigenvalue weighted by molar-refractivity contribution is -0.144. The summed E-state index contributed by atoms with van der Waals surface area (Å²) in [5, 5.41) is 12.2. The van der Waals surface area contributed by atoms with E-state index in [4.69, 9.17) is 14.7 Å². The molecule has 0 aliphatic heterocycles. The van der Waals surface area contributed by atoms with Gasteiger partial charge in [-0.05, 0) is 67.3 Å². The van der Waals surface area contributed by atoms with E-state index in [-0.39, 0.29) is 5.97 Å². The zero-order valence-electron chi connectivity index (χ0n) is 16.1. The van der Waals surface area contributed by atoms with Crippen LogP contribution in [-0.4, -0.2) is 19.2 Å². The van der Waals surface area contributed by atoms with Crippen LogP contribution in [0.4, 0.5) is 5.69 Å². The molecule has 2 aromatic carbocycles. The van der Waals surface area contributed by atoms with Crippen LogP contribution in [0.2, 0.25) is 0 Å². The summed E-state index contributed by atoms with van der Waals surface area (Å²) >= 11 is 0. The second kappa shape index (κ2) is 10.2. The van der Waals surface area contributed by atoms with Gasteiger partial charge in [0.25, 0.3) is 0 Å². The molecule has 1 unspecified atom stereocenters. The third-order valence-electron chi connectivity index (χ3n) is 4.11. The molecule has 0 bridgehead atoms. The number of nitrogens with one attached hydrogen (secondary N) is 1. The Hall–Kier alpha value is -3.00. The van der Waals surface area contributed by atoms with Gasteiger partial charge >= 0.3 is 5.97 Å². The molecule has 2 aromatic rings. The Bertz CT molecular complexity index is 794. The molecular formula is C22H26N2O3. The number of anilines is 1. The number of carbonyl (C=O) groups excluding carboxylic acids is 1. The van der Waals surface area contributed by atoms with Crippen LogP contribution in [0.1, 0.15) is 49.9 Å². The molecule has 0 saturated heterocycles. The highest BCUT2D eigenvalue weighted by Gasteiger charge is 2.23. The first-order chi connectivity index (χ1) is 13.1. The lowest BCUT2D eigenvalue weighted by atomic mass is 10.0. The van der Waals surface area contributed by atoms with E-state index in [1.165, 1.54) is 0 Å². The van der Waals surface area contributed by atoms with Crippen LogP contribution < -0.4 is 10.1 Å². The number of benzene rings is 2. The van der Waals surface area contributed by atoms with Gasteiger partial charge < -0.3 is 14.8 Å². The molecule has 1 atom stereocenters. The first kappa shape index (κ1) is 20.3. The smallest absolute Gasteiger partial charge is 0.333 e. The lowest BCUT2D eigenvalue weighted by Gasteiger charge is -2.20. The predicted octanol–water partition coefficient (Wildman–Crippen LogP) is 4.63. The van der Waals surface area contributed by atoms with Crippen molar-refractivity contribution in [2.75, 3.05) is 18.5 Å². The van der Waals surface area contributed by atoms with Crippen molar-refractivity contribution >= 4 is 11.7 Å². The minimum absolute atomic E-state index is 0.308. The van der Waals surface area contributed by atoms with E-state index in [0.717, 1.165) is 35.4 Å². The number of hydrogen-bond acceptors (Lipinski definition) is 5. The highest BCUT2D eigenvalue weighted by molar-refractivity contribution is 5.81. The van der Waals surface area contributed by atoms with Crippen LogP contribution in [-0.2, 0) is 16.0 Å². The van der Waals surface area contributed by atoms with Crippen molar-refractivity contribution in [1.29, 1.82) is 5.26 Å². The van der Waals surface area contributed by atoms with Crippen molar-refractivity contribution in [3.63, 3.8) is 0 Å². The van der Waals surface area contributed by atoms with Gasteiger partial charge in [0.2, 0.25) is 0 Å². The highest BCUT2D eigenvalue weighted by Crippen LogP contribution is 2.27. The fraction of sp³-hybridized carbons (Fsp3) is 0.364. The molecule has 0 amide bonds. The zero-order valence-corrected chi connectivity index (χ0v) is 16.1. The van der Waals surface area contributed by atoms with Crippen molar-refractivity contribution < 1.29 is 14.3 Å². The summed E-state index contributed by atoms with van der Waals surface area (Å²) in [6.07, 6.45) is 1.75. The third-order valence-corrected chi connectivity index (χ3v) is 4.11. The summed E-state index contributed by atoms with van der Waals surface area (Å²) in [5.74, 6) is 0.509. The molecule has 5 nitrogen and oxygen atoms in total. The molecule has 0 fully saturated rings. The SMILES string of the molecule is CCCOc1ccc(C(Nc2ccc(C#N)cc2)C(=O)OCC)cc1CC. The van der Waals surface area contributed by atoms with Gasteiger partial charge in [-0.2, -0.15) is 5.26 Å². The summed E-state index contributed by atoms with van der Waals surface area (Å²) in [5.41, 5.74) is 3.19. The minimum atomic E-state index is -0.636. The first-order valence-corrected chi connectivity index (χ1v) is 9.31. The van der Waals surface area contributed by atoms with Crippen molar-refractivity contribution in [3.05, 3.63) is 59.2 Å². The number of ether oxygens (including phenoxy) is 2. The van der Waals surface area contributed by atoms with Crippen LogP contribution in [0.3, 0.4) is 0 Å². The maximum atomic E-state index is 12.6. The minimum Gasteiger partial charge on any atom is -0.493 e. The molecule has 0 heterocycles. The fourth-order valence-corrected chi connectivity index (χ4v) is 2.72. The number of hydrogen-bond donors (Lipinski definition) is 1. The van der Waals surface area contributed by atoms with Gasteiger partial charge in [0.15, 0.2) is 6.04 Å². The quantitative estimate of drug-likeness (QED) is 0.655. The van der Waals surface area contributed by atoms with E-state index < -0.39 is 6.04 Å². The summed E-state index contributed by atoms with van der Waals surface area (Å²) in [4.78, 5) is 12.6. The molecular weight excluding hydrogens is 340 g/mol. The second-order valence-electron chi connectivity index (χ2n) is 6.09. The van der Waals surface area contributed by atoms with Gasteiger partial charge in [-0.1, -0.05) is 19.9 Å². The molecule has 142 valence electrons. The molecule has 0 aliphatic rings. The number of nitrogens with zero attached hydrogens (tertiary/aromatic N) is 1. The van der Waals surface area contributed by atoms with E-state index in [9.17, 15) is 4.79 Å². The van der Waals surface area contributed by atoms with Crippen molar-refractivity contribution in [2.45, 2.75) is 39.7 Å². The van der Waals surface area contributed by atoms with Crippen LogP contribution in [0, 0.1) is 11.3 Å². The van der Waals surface area contributed by atoms with E-state index >= 15 is 0 Å². The number of carbonyl (C=O) groups is 1. The molecule has 2 rings (SSSR count). The van der Waals surface area contributed by atoms with Crippen LogP contribution in [0.5, 0.6) is 5.75 Å². The van der Waals surface area contributed by atoms with E-state index in [0.29, 0.717) is 18.8 Å². The molecule has 0 spiro atoms. The molecule has 27 heavy (non-hydrogen) atoms. The van der Waals surface area contributed by atoms with Gasteiger partial charge in [0.05, 0.1) is 24.8 Å². The maximum absolute atomic E-state index is 12.6. The largest absolute Gasteiger partial charge is 0.493 e. The average molecular weight is 366 g/mol. The number of aryl methyl sites for hydroxylation is 1. The number of rotatable bonds is 9. The van der Waals surface area contributed by atoms with Crippen LogP contribution in [0.25, 0.3) is 0 Å². The fourth-order valence-electron chi connectivity index (χ4n) is 2.72. The molecule has 1 N–H and O–H groups in total. The summed E-state index contributed by atoms with van der Waals surface area (Å²) < 4.78 is 11.1. The van der Waals surface area contributed by atoms with E-state index in [1.807, 2.05) is 18.2 Å². The van der Waals surface area contributed by atoms with Gasteiger partial charge in [0, 0.05) is 5.69 Å². The molecule has 0 saturated carbocycles. The molecule has 5 heteroatoms. The topological polar surface area (TPSA) is 71.3 Å². The van der Waals surface area contributed by atoms with Crippen molar-refractivity contribution in [2.24, 2.45) is 0 Å². The highest BCUT2D eigenvalue weighted by atomic mass is 16.5. The van der Waals surface area contributed by atoms with E-state index in [1.54, 1.807) is 31.2 Å². The number of esters is 1. The Labute approximate surface area is 160 Å². The Kier molecular flexibility index (Phi) is 7.69. The van der Waals surface area contributed by atoms with Gasteiger partial charge in [-0.25, -0.2) is 4.79 Å². The third kappa shape index (κ3) is 5.49. The Morgan fingerprint density at radius 3 is 2.48 bits per heavy atom. The molecule has 0 aliphatic carbocycles. The second-order valence-corrected chi connectivity index (χ2v) is 6.09. The molecule has 0 radical (unpaired) electrons. The van der Waals surface area contributed by atoms with Crippen LogP contribution >= 0.6 is 0 Å².